The van der Waals surface area contributed by atoms with Crippen molar-refractivity contribution in [3.63, 3.8) is 0 Å². The van der Waals surface area contributed by atoms with Gasteiger partial charge < -0.3 is 24.8 Å². The van der Waals surface area contributed by atoms with Crippen LogP contribution >= 0.6 is 15.9 Å². The first kappa shape index (κ1) is 29.2. The molecule has 1 N–H and O–H groups in total. The Labute approximate surface area is 239 Å². The van der Waals surface area contributed by atoms with E-state index in [0.717, 1.165) is 6.42 Å². The average molecular weight is 615 g/mol. The van der Waals surface area contributed by atoms with Crippen molar-refractivity contribution in [2.45, 2.75) is 45.6 Å². The standard InChI is InChI=1S/C27H31BrN6O6/c1-17(2)13-20(39-3)15-22-21(5-4-10-29-22)26(36)32-12-9-19(16-32)40-25(35)8-11-30-27-31-34(38)24-14-18(28)6-7-23(24)33(27)37/h4-7,10,14,16-17,20H,8-9,11-13,15H2,1-3H3,(H,30,31)/t20-/m0/s1. The van der Waals surface area contributed by atoms with Crippen LogP contribution in [0.2, 0.25) is 0 Å². The van der Waals surface area contributed by atoms with Gasteiger partial charge in [0.05, 0.1) is 30.3 Å². The summed E-state index contributed by atoms with van der Waals surface area (Å²) in [6.07, 6.45) is 4.79. The summed E-state index contributed by atoms with van der Waals surface area (Å²) in [4.78, 5) is 32.0. The third-order valence-corrected chi connectivity index (χ3v) is 6.86. The molecule has 12 nitrogen and oxygen atoms in total. The number of carbonyl (C=O) groups is 2. The average Bonchev–Trinajstić information content (AvgIpc) is 3.39. The molecule has 1 aliphatic rings. The molecule has 0 saturated carbocycles. The van der Waals surface area contributed by atoms with Crippen LogP contribution < -0.4 is 14.9 Å². The summed E-state index contributed by atoms with van der Waals surface area (Å²) in [5.41, 5.74) is 1.38. The van der Waals surface area contributed by atoms with Gasteiger partial charge in [0.25, 0.3) is 5.91 Å². The van der Waals surface area contributed by atoms with Crippen molar-refractivity contribution in [1.29, 1.82) is 0 Å². The number of hydrogen-bond donors (Lipinski definition) is 1. The van der Waals surface area contributed by atoms with Gasteiger partial charge in [0, 0.05) is 54.3 Å². The lowest BCUT2D eigenvalue weighted by Gasteiger charge is -2.20. The lowest BCUT2D eigenvalue weighted by atomic mass is 9.99. The van der Waals surface area contributed by atoms with E-state index < -0.39 is 5.97 Å². The highest BCUT2D eigenvalue weighted by atomic mass is 79.9. The van der Waals surface area contributed by atoms with Crippen molar-refractivity contribution < 1.29 is 28.6 Å². The number of rotatable bonds is 11. The van der Waals surface area contributed by atoms with Crippen molar-refractivity contribution >= 4 is 44.8 Å². The maximum atomic E-state index is 13.3. The predicted molar refractivity (Wildman–Crippen MR) is 148 cm³/mol. The minimum atomic E-state index is -0.552. The molecule has 2 aromatic heterocycles. The van der Waals surface area contributed by atoms with Crippen LogP contribution in [-0.2, 0) is 20.7 Å². The Morgan fingerprint density at radius 2 is 2.02 bits per heavy atom. The number of ether oxygens (including phenoxy) is 2. The second-order valence-corrected chi connectivity index (χ2v) is 10.7. The number of anilines is 1. The maximum absolute atomic E-state index is 13.3. The number of amides is 1. The molecular weight excluding hydrogens is 584 g/mol. The zero-order valence-corrected chi connectivity index (χ0v) is 24.1. The second kappa shape index (κ2) is 13.0. The van der Waals surface area contributed by atoms with Gasteiger partial charge in [0.15, 0.2) is 5.52 Å². The van der Waals surface area contributed by atoms with E-state index in [4.69, 9.17) is 9.47 Å². The zero-order chi connectivity index (χ0) is 28.8. The van der Waals surface area contributed by atoms with Crippen molar-refractivity contribution in [2.75, 3.05) is 25.5 Å². The molecule has 3 heterocycles. The summed E-state index contributed by atoms with van der Waals surface area (Å²) >= 11 is 3.26. The van der Waals surface area contributed by atoms with Gasteiger partial charge in [0.2, 0.25) is 5.10 Å². The molecule has 13 heteroatoms. The van der Waals surface area contributed by atoms with E-state index in [9.17, 15) is 20.0 Å². The minimum Gasteiger partial charge on any atom is -0.739 e. The lowest BCUT2D eigenvalue weighted by molar-refractivity contribution is -0.672. The van der Waals surface area contributed by atoms with E-state index >= 15 is 0 Å². The van der Waals surface area contributed by atoms with E-state index in [1.54, 1.807) is 31.5 Å². The van der Waals surface area contributed by atoms with Gasteiger partial charge >= 0.3 is 17.4 Å². The number of pyridine rings is 1. The second-order valence-electron chi connectivity index (χ2n) is 9.81. The molecule has 0 fully saturated rings. The van der Waals surface area contributed by atoms with E-state index in [1.165, 1.54) is 23.2 Å². The van der Waals surface area contributed by atoms with E-state index in [1.807, 2.05) is 0 Å². The Kier molecular flexibility index (Phi) is 9.48. The van der Waals surface area contributed by atoms with Crippen LogP contribution in [0.3, 0.4) is 0 Å². The van der Waals surface area contributed by atoms with Crippen LogP contribution in [0.1, 0.15) is 49.2 Å². The van der Waals surface area contributed by atoms with Gasteiger partial charge in [-0.2, -0.15) is 0 Å². The normalized spacial score (nSPS) is 13.9. The molecule has 1 aliphatic heterocycles. The molecule has 4 rings (SSSR count). The Balaban J connectivity index is 1.34. The minimum absolute atomic E-state index is 0.0160. The first-order chi connectivity index (χ1) is 19.2. The fourth-order valence-corrected chi connectivity index (χ4v) is 4.77. The maximum Gasteiger partial charge on any atom is 0.460 e. The number of hydrogen-bond acceptors (Lipinski definition) is 9. The summed E-state index contributed by atoms with van der Waals surface area (Å²) in [5.74, 6) is -0.202. The molecular formula is C27H31BrN6O6. The predicted octanol–water partition coefficient (Wildman–Crippen LogP) is 3.00. The molecule has 1 amide bonds. The third-order valence-electron chi connectivity index (χ3n) is 6.37. The van der Waals surface area contributed by atoms with Crippen LogP contribution in [0.15, 0.2) is 53.0 Å². The van der Waals surface area contributed by atoms with Gasteiger partial charge in [-0.05, 0) is 36.6 Å². The van der Waals surface area contributed by atoms with E-state index in [-0.39, 0.29) is 42.0 Å². The number of methoxy groups -OCH3 is 1. The molecule has 1 atom stereocenters. The molecule has 1 aromatic carbocycles. The molecule has 0 unspecified atom stereocenters. The van der Waals surface area contributed by atoms with E-state index in [0.29, 0.717) is 56.4 Å². The molecule has 0 radical (unpaired) electrons. The first-order valence-corrected chi connectivity index (χ1v) is 13.7. The SMILES string of the molecule is CO[C@H](Cc1ncccc1C(=O)N1C=C(OC(=O)CCNc2n[n+]([O-])c3cc(Br)ccc3[n+]2[O-])CC1)CC(C)C. The Bertz CT molecular complexity index is 1430. The summed E-state index contributed by atoms with van der Waals surface area (Å²) in [7, 11) is 1.66. The monoisotopic (exact) mass is 614 g/mol. The number of nitrogens with one attached hydrogen (secondary N) is 1. The number of nitrogens with zero attached hydrogens (tertiary/aromatic N) is 5. The highest BCUT2D eigenvalue weighted by Gasteiger charge is 2.26. The Morgan fingerprint density at radius 1 is 1.23 bits per heavy atom. The van der Waals surface area contributed by atoms with Gasteiger partial charge in [-0.15, -0.1) is 0 Å². The summed E-state index contributed by atoms with van der Waals surface area (Å²) in [6.45, 7) is 4.61. The third kappa shape index (κ3) is 7.02. The largest absolute Gasteiger partial charge is 0.739 e. The number of fused-ring (bicyclic) bond motifs is 1. The van der Waals surface area contributed by atoms with Crippen LogP contribution in [0, 0.1) is 16.3 Å². The van der Waals surface area contributed by atoms with Crippen LogP contribution in [0.5, 0.6) is 0 Å². The quantitative estimate of drug-likeness (QED) is 0.195. The van der Waals surface area contributed by atoms with Gasteiger partial charge in [-0.3, -0.25) is 19.9 Å². The van der Waals surface area contributed by atoms with Gasteiger partial charge in [0.1, 0.15) is 5.76 Å². The van der Waals surface area contributed by atoms with Crippen molar-refractivity contribution in [1.82, 2.24) is 15.0 Å². The van der Waals surface area contributed by atoms with E-state index in [2.05, 4.69) is 45.2 Å². The molecule has 0 spiro atoms. The molecule has 0 bridgehead atoms. The first-order valence-electron chi connectivity index (χ1n) is 12.9. The summed E-state index contributed by atoms with van der Waals surface area (Å²) < 4.78 is 12.2. The lowest BCUT2D eigenvalue weighted by Crippen LogP contribution is -2.44. The number of esters is 1. The topological polar surface area (TPSA) is 148 Å². The van der Waals surface area contributed by atoms with Gasteiger partial charge in [-0.25, -0.2) is 4.73 Å². The molecule has 0 saturated heterocycles. The fraction of sp³-hybridized carbons (Fsp3) is 0.407. The molecule has 40 heavy (non-hydrogen) atoms. The fourth-order valence-electron chi connectivity index (χ4n) is 4.42. The highest BCUT2D eigenvalue weighted by molar-refractivity contribution is 9.10. The van der Waals surface area contributed by atoms with Crippen LogP contribution in [0.25, 0.3) is 11.0 Å². The number of halogens is 1. The smallest absolute Gasteiger partial charge is 0.460 e. The number of carbonyl (C=O) groups excluding carboxylic acids is 2. The molecule has 0 aliphatic carbocycles. The summed E-state index contributed by atoms with van der Waals surface area (Å²) in [5, 5.41) is 31.2. The Morgan fingerprint density at radius 3 is 2.77 bits per heavy atom. The number of benzene rings is 1. The van der Waals surface area contributed by atoms with Gasteiger partial charge in [-0.1, -0.05) is 29.8 Å². The molecule has 212 valence electrons. The van der Waals surface area contributed by atoms with Crippen molar-refractivity contribution in [3.05, 3.63) is 74.6 Å². The zero-order valence-electron chi connectivity index (χ0n) is 22.5. The van der Waals surface area contributed by atoms with Crippen LogP contribution in [0.4, 0.5) is 5.95 Å². The van der Waals surface area contributed by atoms with Crippen molar-refractivity contribution in [2.24, 2.45) is 5.92 Å². The summed E-state index contributed by atoms with van der Waals surface area (Å²) in [6, 6.07) is 8.09. The Hall–Kier alpha value is -3.84. The number of aromatic nitrogens is 4. The van der Waals surface area contributed by atoms with Crippen molar-refractivity contribution in [3.8, 4) is 0 Å². The highest BCUT2D eigenvalue weighted by Crippen LogP contribution is 2.22. The molecule has 3 aromatic rings. The van der Waals surface area contributed by atoms with Crippen LogP contribution in [-0.4, -0.2) is 53.2 Å².